The van der Waals surface area contributed by atoms with Crippen LogP contribution in [0.3, 0.4) is 0 Å². The summed E-state index contributed by atoms with van der Waals surface area (Å²) in [5, 5.41) is 0. The Morgan fingerprint density at radius 3 is 0.970 bits per heavy atom. The summed E-state index contributed by atoms with van der Waals surface area (Å²) >= 11 is 0. The molecule has 0 heterocycles. The summed E-state index contributed by atoms with van der Waals surface area (Å²) in [5.74, 6) is -0.966. The van der Waals surface area contributed by atoms with E-state index in [-0.39, 0.29) is 37.5 Å². The molecule has 1 atom stereocenters. The monoisotopic (exact) mass is 915 g/mol. The summed E-state index contributed by atoms with van der Waals surface area (Å²) in [5.41, 5.74) is 0. The maximum absolute atomic E-state index is 12.8. The summed E-state index contributed by atoms with van der Waals surface area (Å²) in [6.45, 7) is 6.33. The average Bonchev–Trinajstić information content (AvgIpc) is 3.31. The van der Waals surface area contributed by atoms with E-state index in [2.05, 4.69) is 130 Å². The fourth-order valence-corrected chi connectivity index (χ4v) is 7.01. The molecule has 66 heavy (non-hydrogen) atoms. The molecule has 0 N–H and O–H groups in total. The van der Waals surface area contributed by atoms with Crippen molar-refractivity contribution >= 4 is 17.9 Å². The highest BCUT2D eigenvalue weighted by Gasteiger charge is 2.19. The molecule has 0 radical (unpaired) electrons. The summed E-state index contributed by atoms with van der Waals surface area (Å²) in [6.07, 6.45) is 72.2. The van der Waals surface area contributed by atoms with Gasteiger partial charge in [0.15, 0.2) is 6.10 Å². The second kappa shape index (κ2) is 53.7. The topological polar surface area (TPSA) is 78.9 Å². The minimum atomic E-state index is -0.808. The lowest BCUT2D eigenvalue weighted by Crippen LogP contribution is -2.30. The number of unbranched alkanes of at least 4 members (excludes halogenated alkanes) is 18. The van der Waals surface area contributed by atoms with E-state index in [1.807, 2.05) is 0 Å². The van der Waals surface area contributed by atoms with Gasteiger partial charge in [0.25, 0.3) is 0 Å². The van der Waals surface area contributed by atoms with Crippen molar-refractivity contribution in [2.45, 2.75) is 239 Å². The first-order chi connectivity index (χ1) is 32.5. The summed E-state index contributed by atoms with van der Waals surface area (Å²) in [7, 11) is 0. The Labute approximate surface area is 406 Å². The normalized spacial score (nSPS) is 13.0. The number of carbonyl (C=O) groups excluding carboxylic acids is 3. The van der Waals surface area contributed by atoms with Gasteiger partial charge in [-0.05, 0) is 122 Å². The first kappa shape index (κ1) is 62.1. The second-order valence-electron chi connectivity index (χ2n) is 17.4. The Balaban J connectivity index is 4.43. The molecular formula is C60H98O6. The first-order valence-electron chi connectivity index (χ1n) is 26.9. The van der Waals surface area contributed by atoms with E-state index in [1.165, 1.54) is 64.2 Å². The Hall–Kier alpha value is -3.93. The van der Waals surface area contributed by atoms with Gasteiger partial charge < -0.3 is 14.2 Å². The predicted octanol–water partition coefficient (Wildman–Crippen LogP) is 17.9. The molecule has 6 heteroatoms. The smallest absolute Gasteiger partial charge is 0.306 e. The molecule has 0 aliphatic carbocycles. The maximum Gasteiger partial charge on any atom is 0.306 e. The minimum Gasteiger partial charge on any atom is -0.462 e. The van der Waals surface area contributed by atoms with Crippen LogP contribution in [0.25, 0.3) is 0 Å². The van der Waals surface area contributed by atoms with Gasteiger partial charge in [0.05, 0.1) is 0 Å². The van der Waals surface area contributed by atoms with Crippen LogP contribution in [0.4, 0.5) is 0 Å². The van der Waals surface area contributed by atoms with Crippen LogP contribution in [-0.2, 0) is 28.6 Å². The van der Waals surface area contributed by atoms with Crippen molar-refractivity contribution in [1.82, 2.24) is 0 Å². The molecule has 0 aromatic carbocycles. The molecule has 0 saturated heterocycles. The van der Waals surface area contributed by atoms with E-state index >= 15 is 0 Å². The van der Waals surface area contributed by atoms with Gasteiger partial charge in [0, 0.05) is 19.3 Å². The molecule has 0 amide bonds. The average molecular weight is 915 g/mol. The molecular weight excluding hydrogens is 817 g/mol. The van der Waals surface area contributed by atoms with Crippen LogP contribution in [0.1, 0.15) is 233 Å². The van der Waals surface area contributed by atoms with Crippen LogP contribution in [0.2, 0.25) is 0 Å². The van der Waals surface area contributed by atoms with Gasteiger partial charge in [0.1, 0.15) is 13.2 Å². The van der Waals surface area contributed by atoms with Crippen molar-refractivity contribution in [2.24, 2.45) is 0 Å². The molecule has 0 aliphatic heterocycles. The van der Waals surface area contributed by atoms with Gasteiger partial charge in [-0.15, -0.1) is 0 Å². The SMILES string of the molecule is CC/C=C\C/C=C\C/C=C\C/C=C\CCCCCCCCCCC(=O)OCC(COC(=O)CCCCCCC/C=C\CCCCC)OC(=O)CCCC/C=C\C/C=C\C/C=C\C/C=C\CC. The number of hydrogen-bond donors (Lipinski definition) is 0. The van der Waals surface area contributed by atoms with Gasteiger partial charge in [0.2, 0.25) is 0 Å². The van der Waals surface area contributed by atoms with E-state index in [4.69, 9.17) is 14.2 Å². The lowest BCUT2D eigenvalue weighted by Gasteiger charge is -2.18. The standard InChI is InChI=1S/C60H98O6/c1-4-7-10-13-16-19-22-25-27-28-29-30-31-32-34-35-38-41-44-47-50-53-59(62)65-56-57(55-64-58(61)52-49-46-43-40-37-24-21-18-15-12-9-6-3)66-60(63)54-51-48-45-42-39-36-33-26-23-20-17-14-11-8-5-2/h7-8,10-11,16-21,25-27,29-30,33,39,42,57H,4-6,9,12-15,22-24,28,31-32,34-38,40-41,43-56H2,1-3H3/b10-7-,11-8-,19-16-,20-17-,21-18-,27-25-,30-29-,33-26-,42-39-. The van der Waals surface area contributed by atoms with Crippen LogP contribution in [0.5, 0.6) is 0 Å². The van der Waals surface area contributed by atoms with E-state index in [0.717, 1.165) is 122 Å². The third kappa shape index (κ3) is 51.1. The van der Waals surface area contributed by atoms with Crippen molar-refractivity contribution in [1.29, 1.82) is 0 Å². The van der Waals surface area contributed by atoms with Crippen LogP contribution >= 0.6 is 0 Å². The fraction of sp³-hybridized carbons (Fsp3) is 0.650. The molecule has 0 aromatic rings. The predicted molar refractivity (Wildman–Crippen MR) is 283 cm³/mol. The highest BCUT2D eigenvalue weighted by Crippen LogP contribution is 2.13. The number of rotatable bonds is 47. The molecule has 0 bridgehead atoms. The number of carbonyl (C=O) groups is 3. The van der Waals surface area contributed by atoms with Gasteiger partial charge in [-0.25, -0.2) is 0 Å². The van der Waals surface area contributed by atoms with E-state index in [9.17, 15) is 14.4 Å². The Morgan fingerprint density at radius 2 is 0.591 bits per heavy atom. The lowest BCUT2D eigenvalue weighted by molar-refractivity contribution is -0.167. The molecule has 6 nitrogen and oxygen atoms in total. The molecule has 0 saturated carbocycles. The highest BCUT2D eigenvalue weighted by atomic mass is 16.6. The zero-order valence-corrected chi connectivity index (χ0v) is 42.7. The van der Waals surface area contributed by atoms with Crippen molar-refractivity contribution < 1.29 is 28.6 Å². The van der Waals surface area contributed by atoms with Gasteiger partial charge in [-0.3, -0.25) is 14.4 Å². The zero-order valence-electron chi connectivity index (χ0n) is 42.7. The third-order valence-electron chi connectivity index (χ3n) is 11.0. The summed E-state index contributed by atoms with van der Waals surface area (Å²) < 4.78 is 16.8. The maximum atomic E-state index is 12.8. The summed E-state index contributed by atoms with van der Waals surface area (Å²) in [4.78, 5) is 38.0. The van der Waals surface area contributed by atoms with E-state index in [0.29, 0.717) is 19.3 Å². The summed E-state index contributed by atoms with van der Waals surface area (Å²) in [6, 6.07) is 0. The third-order valence-corrected chi connectivity index (χ3v) is 11.0. The first-order valence-corrected chi connectivity index (χ1v) is 26.9. The van der Waals surface area contributed by atoms with Crippen LogP contribution in [-0.4, -0.2) is 37.2 Å². The number of hydrogen-bond acceptors (Lipinski definition) is 6. The molecule has 0 aromatic heterocycles. The molecule has 1 unspecified atom stereocenters. The molecule has 0 rings (SSSR count). The number of esters is 3. The fourth-order valence-electron chi connectivity index (χ4n) is 7.01. The lowest BCUT2D eigenvalue weighted by atomic mass is 10.1. The Bertz CT molecular complexity index is 1370. The van der Waals surface area contributed by atoms with Crippen molar-refractivity contribution in [3.8, 4) is 0 Å². The molecule has 0 aliphatic rings. The number of allylic oxidation sites excluding steroid dienone is 18. The second-order valence-corrected chi connectivity index (χ2v) is 17.4. The molecule has 374 valence electrons. The van der Waals surface area contributed by atoms with E-state index in [1.54, 1.807) is 0 Å². The largest absolute Gasteiger partial charge is 0.462 e. The van der Waals surface area contributed by atoms with Crippen LogP contribution < -0.4 is 0 Å². The zero-order chi connectivity index (χ0) is 47.9. The minimum absolute atomic E-state index is 0.103. The van der Waals surface area contributed by atoms with E-state index < -0.39 is 6.10 Å². The molecule has 0 fully saturated rings. The Morgan fingerprint density at radius 1 is 0.318 bits per heavy atom. The van der Waals surface area contributed by atoms with Gasteiger partial charge in [-0.1, -0.05) is 201 Å². The van der Waals surface area contributed by atoms with Gasteiger partial charge >= 0.3 is 17.9 Å². The quantitative estimate of drug-likeness (QED) is 0.0262. The van der Waals surface area contributed by atoms with Crippen LogP contribution in [0, 0.1) is 0 Å². The highest BCUT2D eigenvalue weighted by molar-refractivity contribution is 5.71. The van der Waals surface area contributed by atoms with Crippen LogP contribution in [0.15, 0.2) is 109 Å². The molecule has 0 spiro atoms. The van der Waals surface area contributed by atoms with Gasteiger partial charge in [-0.2, -0.15) is 0 Å². The number of ether oxygens (including phenoxy) is 3. The Kier molecular flexibility index (Phi) is 50.5. The van der Waals surface area contributed by atoms with Crippen molar-refractivity contribution in [3.63, 3.8) is 0 Å². The van der Waals surface area contributed by atoms with Crippen molar-refractivity contribution in [2.75, 3.05) is 13.2 Å². The van der Waals surface area contributed by atoms with Crippen molar-refractivity contribution in [3.05, 3.63) is 109 Å².